The summed E-state index contributed by atoms with van der Waals surface area (Å²) in [6, 6.07) is 7.08. The summed E-state index contributed by atoms with van der Waals surface area (Å²) in [4.78, 5) is 0.301. The molecular formula is C16H24N2O2S. The Morgan fingerprint density at radius 3 is 2.43 bits per heavy atom. The van der Waals surface area contributed by atoms with Gasteiger partial charge >= 0.3 is 0 Å². The third-order valence-electron chi connectivity index (χ3n) is 3.25. The molecule has 0 radical (unpaired) electrons. The van der Waals surface area contributed by atoms with Gasteiger partial charge in [0.2, 0.25) is 10.0 Å². The van der Waals surface area contributed by atoms with Crippen molar-refractivity contribution in [1.29, 1.82) is 0 Å². The van der Waals surface area contributed by atoms with Gasteiger partial charge < -0.3 is 5.32 Å². The Morgan fingerprint density at radius 2 is 1.90 bits per heavy atom. The Hall–Kier alpha value is -1.35. The van der Waals surface area contributed by atoms with Crippen molar-refractivity contribution in [3.8, 4) is 12.3 Å². The van der Waals surface area contributed by atoms with E-state index in [1.807, 2.05) is 12.1 Å². The Balaban J connectivity index is 2.75. The van der Waals surface area contributed by atoms with Gasteiger partial charge in [-0.15, -0.1) is 6.42 Å². The number of aryl methyl sites for hydroxylation is 1. The molecule has 0 aromatic heterocycles. The number of sulfonamides is 1. The second-order valence-corrected chi connectivity index (χ2v) is 6.67. The van der Waals surface area contributed by atoms with E-state index in [1.165, 1.54) is 4.31 Å². The van der Waals surface area contributed by atoms with Gasteiger partial charge in [-0.05, 0) is 43.6 Å². The molecule has 1 aromatic rings. The van der Waals surface area contributed by atoms with Gasteiger partial charge in [0.15, 0.2) is 0 Å². The lowest BCUT2D eigenvalue weighted by Gasteiger charge is -2.18. The number of rotatable bonds is 9. The molecule has 0 saturated carbocycles. The summed E-state index contributed by atoms with van der Waals surface area (Å²) in [7, 11) is -3.48. The topological polar surface area (TPSA) is 49.4 Å². The molecule has 0 atom stereocenters. The lowest BCUT2D eigenvalue weighted by atomic mass is 10.1. The van der Waals surface area contributed by atoms with Crippen molar-refractivity contribution in [3.63, 3.8) is 0 Å². The highest BCUT2D eigenvalue weighted by atomic mass is 32.2. The predicted octanol–water partition coefficient (Wildman–Crippen LogP) is 1.87. The highest BCUT2D eigenvalue weighted by Gasteiger charge is 2.21. The van der Waals surface area contributed by atoms with E-state index < -0.39 is 10.0 Å². The van der Waals surface area contributed by atoms with E-state index >= 15 is 0 Å². The SMILES string of the molecule is C#CCN(CC)S(=O)(=O)c1ccc(CCCNCC)cc1. The van der Waals surface area contributed by atoms with Crippen molar-refractivity contribution < 1.29 is 8.42 Å². The van der Waals surface area contributed by atoms with Gasteiger partial charge in [0.05, 0.1) is 11.4 Å². The Kier molecular flexibility index (Phi) is 7.44. The average Bonchev–Trinajstić information content (AvgIpc) is 2.49. The maximum Gasteiger partial charge on any atom is 0.243 e. The van der Waals surface area contributed by atoms with Crippen molar-refractivity contribution >= 4 is 10.0 Å². The van der Waals surface area contributed by atoms with Crippen LogP contribution in [0.1, 0.15) is 25.8 Å². The number of hydrogen-bond acceptors (Lipinski definition) is 3. The monoisotopic (exact) mass is 308 g/mol. The largest absolute Gasteiger partial charge is 0.317 e. The van der Waals surface area contributed by atoms with E-state index in [1.54, 1.807) is 19.1 Å². The smallest absolute Gasteiger partial charge is 0.243 e. The van der Waals surface area contributed by atoms with Gasteiger partial charge in [0.25, 0.3) is 0 Å². The number of terminal acetylenes is 1. The van der Waals surface area contributed by atoms with Crippen LogP contribution in [0, 0.1) is 12.3 Å². The lowest BCUT2D eigenvalue weighted by Crippen LogP contribution is -2.31. The lowest BCUT2D eigenvalue weighted by molar-refractivity contribution is 0.464. The molecule has 1 N–H and O–H groups in total. The fourth-order valence-corrected chi connectivity index (χ4v) is 3.40. The predicted molar refractivity (Wildman–Crippen MR) is 86.6 cm³/mol. The fourth-order valence-electron chi connectivity index (χ4n) is 2.04. The van der Waals surface area contributed by atoms with Gasteiger partial charge in [-0.1, -0.05) is 31.9 Å². The zero-order chi connectivity index (χ0) is 15.7. The molecule has 116 valence electrons. The van der Waals surface area contributed by atoms with Gasteiger partial charge in [0.1, 0.15) is 0 Å². The van der Waals surface area contributed by atoms with E-state index in [2.05, 4.69) is 18.2 Å². The van der Waals surface area contributed by atoms with Crippen LogP contribution >= 0.6 is 0 Å². The molecule has 4 nitrogen and oxygen atoms in total. The number of benzene rings is 1. The number of nitrogens with zero attached hydrogens (tertiary/aromatic N) is 1. The molecule has 21 heavy (non-hydrogen) atoms. The first-order valence-electron chi connectivity index (χ1n) is 7.29. The molecule has 0 heterocycles. The Bertz CT molecular complexity index is 559. The van der Waals surface area contributed by atoms with Gasteiger partial charge in [-0.3, -0.25) is 0 Å². The van der Waals surface area contributed by atoms with Crippen molar-refractivity contribution in [2.45, 2.75) is 31.6 Å². The van der Waals surface area contributed by atoms with Crippen LogP contribution in [0.2, 0.25) is 0 Å². The van der Waals surface area contributed by atoms with Crippen LogP contribution < -0.4 is 5.32 Å². The zero-order valence-electron chi connectivity index (χ0n) is 12.8. The molecule has 0 saturated heterocycles. The second-order valence-electron chi connectivity index (χ2n) is 4.74. The summed E-state index contributed by atoms with van der Waals surface area (Å²) in [6.07, 6.45) is 7.20. The summed E-state index contributed by atoms with van der Waals surface area (Å²) in [5, 5.41) is 3.27. The summed E-state index contributed by atoms with van der Waals surface area (Å²) in [5.74, 6) is 2.39. The van der Waals surface area contributed by atoms with Crippen LogP contribution in [0.5, 0.6) is 0 Å². The molecule has 0 aliphatic rings. The zero-order valence-corrected chi connectivity index (χ0v) is 13.6. The average molecular weight is 308 g/mol. The summed E-state index contributed by atoms with van der Waals surface area (Å²) < 4.78 is 26.1. The highest BCUT2D eigenvalue weighted by molar-refractivity contribution is 7.89. The minimum Gasteiger partial charge on any atom is -0.317 e. The maximum atomic E-state index is 12.4. The quantitative estimate of drug-likeness (QED) is 0.560. The van der Waals surface area contributed by atoms with Crippen LogP contribution in [0.4, 0.5) is 0 Å². The fraction of sp³-hybridized carbons (Fsp3) is 0.500. The minimum absolute atomic E-state index is 0.100. The van der Waals surface area contributed by atoms with E-state index in [0.29, 0.717) is 11.4 Å². The van der Waals surface area contributed by atoms with Gasteiger partial charge in [-0.25, -0.2) is 8.42 Å². The van der Waals surface area contributed by atoms with Gasteiger partial charge in [-0.2, -0.15) is 4.31 Å². The van der Waals surface area contributed by atoms with Crippen molar-refractivity contribution in [2.75, 3.05) is 26.2 Å². The highest BCUT2D eigenvalue weighted by Crippen LogP contribution is 2.16. The minimum atomic E-state index is -3.48. The summed E-state index contributed by atoms with van der Waals surface area (Å²) in [6.45, 7) is 6.28. The second kappa shape index (κ2) is 8.83. The van der Waals surface area contributed by atoms with Crippen molar-refractivity contribution in [3.05, 3.63) is 29.8 Å². The molecule has 0 spiro atoms. The van der Waals surface area contributed by atoms with E-state index in [-0.39, 0.29) is 6.54 Å². The molecular weight excluding hydrogens is 284 g/mol. The summed E-state index contributed by atoms with van der Waals surface area (Å²) in [5.41, 5.74) is 1.15. The van der Waals surface area contributed by atoms with E-state index in [4.69, 9.17) is 6.42 Å². The van der Waals surface area contributed by atoms with Crippen LogP contribution in [-0.2, 0) is 16.4 Å². The Morgan fingerprint density at radius 1 is 1.24 bits per heavy atom. The first kappa shape index (κ1) is 17.7. The maximum absolute atomic E-state index is 12.4. The summed E-state index contributed by atoms with van der Waals surface area (Å²) >= 11 is 0. The van der Waals surface area contributed by atoms with Crippen LogP contribution in [0.3, 0.4) is 0 Å². The molecule has 1 aromatic carbocycles. The molecule has 0 unspecified atom stereocenters. The molecule has 0 fully saturated rings. The molecule has 0 aliphatic heterocycles. The van der Waals surface area contributed by atoms with Crippen LogP contribution in [-0.4, -0.2) is 38.9 Å². The number of hydrogen-bond donors (Lipinski definition) is 1. The first-order chi connectivity index (χ1) is 10.1. The van der Waals surface area contributed by atoms with Crippen LogP contribution in [0.15, 0.2) is 29.2 Å². The van der Waals surface area contributed by atoms with Crippen molar-refractivity contribution in [2.24, 2.45) is 0 Å². The third-order valence-corrected chi connectivity index (χ3v) is 5.19. The Labute approximate surface area is 128 Å². The van der Waals surface area contributed by atoms with Crippen molar-refractivity contribution in [1.82, 2.24) is 9.62 Å². The molecule has 1 rings (SSSR count). The van der Waals surface area contributed by atoms with Gasteiger partial charge in [0, 0.05) is 6.54 Å². The normalized spacial score (nSPS) is 11.5. The van der Waals surface area contributed by atoms with E-state index in [9.17, 15) is 8.42 Å². The standard InChI is InChI=1S/C16H24N2O2S/c1-4-14-18(6-3)21(19,20)16-11-9-15(10-12-16)8-7-13-17-5-2/h1,9-12,17H,5-8,13-14H2,2-3H3. The molecule has 5 heteroatoms. The molecule has 0 amide bonds. The molecule has 0 aliphatic carbocycles. The molecule has 0 bridgehead atoms. The number of nitrogens with one attached hydrogen (secondary N) is 1. The third kappa shape index (κ3) is 5.16. The van der Waals surface area contributed by atoms with E-state index in [0.717, 1.165) is 31.5 Å². The first-order valence-corrected chi connectivity index (χ1v) is 8.73. The van der Waals surface area contributed by atoms with Crippen LogP contribution in [0.25, 0.3) is 0 Å².